The Labute approximate surface area is 121 Å². The van der Waals surface area contributed by atoms with Crippen molar-refractivity contribution in [2.45, 2.75) is 11.8 Å². The quantitative estimate of drug-likeness (QED) is 0.942. The van der Waals surface area contributed by atoms with E-state index in [2.05, 4.69) is 9.71 Å². The van der Waals surface area contributed by atoms with E-state index in [1.807, 2.05) is 0 Å². The van der Waals surface area contributed by atoms with Gasteiger partial charge in [0.25, 0.3) is 10.0 Å². The van der Waals surface area contributed by atoms with Crippen LogP contribution in [-0.4, -0.2) is 13.4 Å². The number of nitrogens with zero attached hydrogens (tertiary/aromatic N) is 1. The standard InChI is InChI=1S/C12H10Cl2N2O2S/c1-8-3-2-6-15-12(8)16-19(17,18)11-7-9(13)4-5-10(11)14/h2-7H,1H3,(H,15,16). The summed E-state index contributed by atoms with van der Waals surface area (Å²) in [5, 5.41) is 0.396. The SMILES string of the molecule is Cc1cccnc1NS(=O)(=O)c1cc(Cl)ccc1Cl. The van der Waals surface area contributed by atoms with E-state index in [1.165, 1.54) is 24.4 Å². The molecule has 1 heterocycles. The maximum atomic E-state index is 12.2. The largest absolute Gasteiger partial charge is 0.264 e. The molecular formula is C12H10Cl2N2O2S. The zero-order valence-electron chi connectivity index (χ0n) is 9.89. The Morgan fingerprint density at radius 3 is 2.63 bits per heavy atom. The zero-order valence-corrected chi connectivity index (χ0v) is 12.2. The Morgan fingerprint density at radius 2 is 1.95 bits per heavy atom. The van der Waals surface area contributed by atoms with Gasteiger partial charge in [-0.2, -0.15) is 0 Å². The molecule has 0 aliphatic rings. The molecule has 0 unspecified atom stereocenters. The van der Waals surface area contributed by atoms with Crippen molar-refractivity contribution >= 4 is 39.0 Å². The molecule has 2 rings (SSSR count). The lowest BCUT2D eigenvalue weighted by Gasteiger charge is -2.10. The minimum atomic E-state index is -3.82. The van der Waals surface area contributed by atoms with Crippen LogP contribution < -0.4 is 4.72 Å². The van der Waals surface area contributed by atoms with Crippen LogP contribution in [0, 0.1) is 6.92 Å². The van der Waals surface area contributed by atoms with Crippen LogP contribution in [0.25, 0.3) is 0 Å². The van der Waals surface area contributed by atoms with Crippen molar-refractivity contribution in [3.05, 3.63) is 52.1 Å². The van der Waals surface area contributed by atoms with Gasteiger partial charge < -0.3 is 0 Å². The fourth-order valence-electron chi connectivity index (χ4n) is 1.46. The molecule has 7 heteroatoms. The fraction of sp³-hybridized carbons (Fsp3) is 0.0833. The van der Waals surface area contributed by atoms with Crippen LogP contribution >= 0.6 is 23.2 Å². The molecule has 2 aromatic rings. The second-order valence-electron chi connectivity index (χ2n) is 3.85. The summed E-state index contributed by atoms with van der Waals surface area (Å²) in [7, 11) is -3.82. The van der Waals surface area contributed by atoms with E-state index in [9.17, 15) is 8.42 Å². The van der Waals surface area contributed by atoms with Crippen molar-refractivity contribution in [3.63, 3.8) is 0 Å². The number of aryl methyl sites for hydroxylation is 1. The number of pyridine rings is 1. The van der Waals surface area contributed by atoms with E-state index >= 15 is 0 Å². The van der Waals surface area contributed by atoms with Gasteiger partial charge in [0.05, 0.1) is 5.02 Å². The second kappa shape index (κ2) is 5.36. The zero-order chi connectivity index (χ0) is 14.0. The number of anilines is 1. The predicted molar refractivity (Wildman–Crippen MR) is 76.2 cm³/mol. The molecule has 0 aliphatic heterocycles. The first kappa shape index (κ1) is 14.1. The molecule has 0 saturated heterocycles. The van der Waals surface area contributed by atoms with Gasteiger partial charge in [0, 0.05) is 11.2 Å². The van der Waals surface area contributed by atoms with Gasteiger partial charge in [-0.15, -0.1) is 0 Å². The van der Waals surface area contributed by atoms with E-state index in [0.29, 0.717) is 10.6 Å². The van der Waals surface area contributed by atoms with Gasteiger partial charge >= 0.3 is 0 Å². The molecule has 1 N–H and O–H groups in total. The molecule has 0 spiro atoms. The van der Waals surface area contributed by atoms with Crippen molar-refractivity contribution in [2.24, 2.45) is 0 Å². The molecule has 0 radical (unpaired) electrons. The highest BCUT2D eigenvalue weighted by Gasteiger charge is 2.19. The molecule has 0 atom stereocenters. The van der Waals surface area contributed by atoms with Gasteiger partial charge in [-0.1, -0.05) is 29.3 Å². The summed E-state index contributed by atoms with van der Waals surface area (Å²) >= 11 is 11.7. The first-order chi connectivity index (χ1) is 8.90. The molecule has 19 heavy (non-hydrogen) atoms. The van der Waals surface area contributed by atoms with Crippen molar-refractivity contribution in [1.82, 2.24) is 4.98 Å². The lowest BCUT2D eigenvalue weighted by atomic mass is 10.3. The average Bonchev–Trinajstić information content (AvgIpc) is 2.35. The molecule has 1 aromatic carbocycles. The summed E-state index contributed by atoms with van der Waals surface area (Å²) in [6, 6.07) is 7.73. The number of benzene rings is 1. The third kappa shape index (κ3) is 3.18. The molecule has 1 aromatic heterocycles. The van der Waals surface area contributed by atoms with Gasteiger partial charge in [-0.3, -0.25) is 4.72 Å². The van der Waals surface area contributed by atoms with E-state index in [4.69, 9.17) is 23.2 Å². The van der Waals surface area contributed by atoms with Crippen LogP contribution in [-0.2, 0) is 10.0 Å². The summed E-state index contributed by atoms with van der Waals surface area (Å²) < 4.78 is 26.9. The number of aromatic nitrogens is 1. The molecule has 100 valence electrons. The Morgan fingerprint density at radius 1 is 1.21 bits per heavy atom. The molecular weight excluding hydrogens is 307 g/mol. The third-order valence-electron chi connectivity index (χ3n) is 2.42. The van der Waals surface area contributed by atoms with Crippen LogP contribution in [0.3, 0.4) is 0 Å². The highest BCUT2D eigenvalue weighted by Crippen LogP contribution is 2.26. The Kier molecular flexibility index (Phi) is 3.99. The minimum absolute atomic E-state index is 0.0771. The van der Waals surface area contributed by atoms with E-state index < -0.39 is 10.0 Å². The Bertz CT molecular complexity index is 717. The average molecular weight is 317 g/mol. The van der Waals surface area contributed by atoms with Gasteiger partial charge in [0.15, 0.2) is 0 Å². The summed E-state index contributed by atoms with van der Waals surface area (Å²) in [6.45, 7) is 1.75. The number of halogens is 2. The number of rotatable bonds is 3. The lowest BCUT2D eigenvalue weighted by Crippen LogP contribution is -2.15. The van der Waals surface area contributed by atoms with E-state index in [0.717, 1.165) is 0 Å². The summed E-state index contributed by atoms with van der Waals surface area (Å²) in [5.74, 6) is 0.263. The molecule has 4 nitrogen and oxygen atoms in total. The number of hydrogen-bond donors (Lipinski definition) is 1. The molecule has 0 fully saturated rings. The number of hydrogen-bond acceptors (Lipinski definition) is 3. The van der Waals surface area contributed by atoms with Crippen LogP contribution in [0.15, 0.2) is 41.4 Å². The maximum absolute atomic E-state index is 12.2. The summed E-state index contributed by atoms with van der Waals surface area (Å²) in [5.41, 5.74) is 0.712. The highest BCUT2D eigenvalue weighted by molar-refractivity contribution is 7.92. The molecule has 0 saturated carbocycles. The monoisotopic (exact) mass is 316 g/mol. The Balaban J connectivity index is 2.44. The third-order valence-corrected chi connectivity index (χ3v) is 4.48. The minimum Gasteiger partial charge on any atom is -0.263 e. The van der Waals surface area contributed by atoms with E-state index in [-0.39, 0.29) is 15.7 Å². The van der Waals surface area contributed by atoms with Crippen molar-refractivity contribution in [1.29, 1.82) is 0 Å². The predicted octanol–water partition coefficient (Wildman–Crippen LogP) is 3.50. The highest BCUT2D eigenvalue weighted by atomic mass is 35.5. The van der Waals surface area contributed by atoms with Crippen LogP contribution in [0.4, 0.5) is 5.82 Å². The molecule has 0 aliphatic carbocycles. The van der Waals surface area contributed by atoms with Gasteiger partial charge in [-0.25, -0.2) is 13.4 Å². The second-order valence-corrected chi connectivity index (χ2v) is 6.34. The van der Waals surface area contributed by atoms with Gasteiger partial charge in [0.1, 0.15) is 10.7 Å². The van der Waals surface area contributed by atoms with Gasteiger partial charge in [0.2, 0.25) is 0 Å². The summed E-state index contributed by atoms with van der Waals surface area (Å²) in [4.78, 5) is 3.90. The first-order valence-corrected chi connectivity index (χ1v) is 7.53. The number of nitrogens with one attached hydrogen (secondary N) is 1. The van der Waals surface area contributed by atoms with Crippen LogP contribution in [0.5, 0.6) is 0 Å². The normalized spacial score (nSPS) is 11.3. The topological polar surface area (TPSA) is 59.1 Å². The fourth-order valence-corrected chi connectivity index (χ4v) is 3.30. The first-order valence-electron chi connectivity index (χ1n) is 5.29. The van der Waals surface area contributed by atoms with Gasteiger partial charge in [-0.05, 0) is 36.8 Å². The Hall–Kier alpha value is -1.30. The summed E-state index contributed by atoms with van der Waals surface area (Å²) in [6.07, 6.45) is 1.50. The molecule has 0 amide bonds. The van der Waals surface area contributed by atoms with Crippen LogP contribution in [0.1, 0.15) is 5.56 Å². The lowest BCUT2D eigenvalue weighted by molar-refractivity contribution is 0.601. The number of sulfonamides is 1. The molecule has 0 bridgehead atoms. The van der Waals surface area contributed by atoms with E-state index in [1.54, 1.807) is 19.1 Å². The smallest absolute Gasteiger partial charge is 0.263 e. The van der Waals surface area contributed by atoms with Crippen molar-refractivity contribution in [2.75, 3.05) is 4.72 Å². The van der Waals surface area contributed by atoms with Crippen LogP contribution in [0.2, 0.25) is 10.0 Å². The maximum Gasteiger partial charge on any atom is 0.264 e. The van der Waals surface area contributed by atoms with Crippen molar-refractivity contribution in [3.8, 4) is 0 Å². The van der Waals surface area contributed by atoms with Crippen molar-refractivity contribution < 1.29 is 8.42 Å².